The van der Waals surface area contributed by atoms with E-state index in [4.69, 9.17) is 27.9 Å². The highest BCUT2D eigenvalue weighted by Gasteiger charge is 2.24. The van der Waals surface area contributed by atoms with Crippen molar-refractivity contribution in [3.8, 4) is 0 Å². The van der Waals surface area contributed by atoms with Crippen molar-refractivity contribution >= 4 is 34.8 Å². The van der Waals surface area contributed by atoms with E-state index >= 15 is 0 Å². The number of nitrogens with one attached hydrogen (secondary N) is 1. The Kier molecular flexibility index (Phi) is 5.08. The number of benzene rings is 1. The first-order valence-corrected chi connectivity index (χ1v) is 8.18. The Morgan fingerprint density at radius 3 is 2.68 bits per heavy atom. The predicted octanol–water partition coefficient (Wildman–Crippen LogP) is 1.63. The molecule has 3 rings (SSSR count). The summed E-state index contributed by atoms with van der Waals surface area (Å²) in [5, 5.41) is 4.05. The summed E-state index contributed by atoms with van der Waals surface area (Å²) < 4.78 is 5.53. The Labute approximate surface area is 140 Å². The maximum atomic E-state index is 11.1. The van der Waals surface area contributed by atoms with E-state index in [0.717, 1.165) is 38.4 Å². The first kappa shape index (κ1) is 15.9. The highest BCUT2D eigenvalue weighted by molar-refractivity contribution is 6.43. The van der Waals surface area contributed by atoms with Gasteiger partial charge in [0, 0.05) is 39.3 Å². The largest absolute Gasteiger partial charge is 0.368 e. The molecule has 2 aliphatic heterocycles. The van der Waals surface area contributed by atoms with Crippen LogP contribution < -0.4 is 10.2 Å². The van der Waals surface area contributed by atoms with E-state index in [1.54, 1.807) is 6.07 Å². The van der Waals surface area contributed by atoms with Gasteiger partial charge in [-0.05, 0) is 12.1 Å². The minimum Gasteiger partial charge on any atom is -0.368 e. The van der Waals surface area contributed by atoms with Crippen molar-refractivity contribution in [1.29, 1.82) is 0 Å². The van der Waals surface area contributed by atoms with Gasteiger partial charge in [-0.2, -0.15) is 0 Å². The summed E-state index contributed by atoms with van der Waals surface area (Å²) >= 11 is 12.4. The zero-order valence-electron chi connectivity index (χ0n) is 12.2. The molecule has 1 N–H and O–H groups in total. The van der Waals surface area contributed by atoms with Gasteiger partial charge < -0.3 is 15.0 Å². The maximum absolute atomic E-state index is 11.1. The fourth-order valence-electron chi connectivity index (χ4n) is 2.84. The standard InChI is InChI=1S/C15H19Cl2N3O2/c16-12-2-1-3-13(15(12)17)20-6-4-19(5-7-20)9-11-8-18-14(21)10-22-11/h1-3,11H,4-10H2,(H,18,21). The van der Waals surface area contributed by atoms with Gasteiger partial charge >= 0.3 is 0 Å². The van der Waals surface area contributed by atoms with Crippen LogP contribution in [0.5, 0.6) is 0 Å². The molecule has 1 aromatic rings. The van der Waals surface area contributed by atoms with E-state index in [9.17, 15) is 4.79 Å². The zero-order chi connectivity index (χ0) is 15.5. The number of hydrogen-bond donors (Lipinski definition) is 1. The molecular weight excluding hydrogens is 325 g/mol. The first-order valence-electron chi connectivity index (χ1n) is 7.43. The lowest BCUT2D eigenvalue weighted by Crippen LogP contribution is -2.53. The van der Waals surface area contributed by atoms with Crippen molar-refractivity contribution in [1.82, 2.24) is 10.2 Å². The fraction of sp³-hybridized carbons (Fsp3) is 0.533. The molecule has 22 heavy (non-hydrogen) atoms. The van der Waals surface area contributed by atoms with E-state index in [-0.39, 0.29) is 18.6 Å². The monoisotopic (exact) mass is 343 g/mol. The molecule has 1 unspecified atom stereocenters. The number of halogens is 2. The van der Waals surface area contributed by atoms with Crippen LogP contribution in [0.2, 0.25) is 10.0 Å². The van der Waals surface area contributed by atoms with E-state index in [2.05, 4.69) is 15.1 Å². The van der Waals surface area contributed by atoms with Crippen LogP contribution >= 0.6 is 23.2 Å². The van der Waals surface area contributed by atoms with Crippen LogP contribution in [0.15, 0.2) is 18.2 Å². The number of amides is 1. The first-order chi connectivity index (χ1) is 10.6. The third-order valence-corrected chi connectivity index (χ3v) is 4.89. The van der Waals surface area contributed by atoms with Gasteiger partial charge in [0.1, 0.15) is 6.61 Å². The molecule has 1 amide bonds. The van der Waals surface area contributed by atoms with Gasteiger partial charge in [0.15, 0.2) is 0 Å². The van der Waals surface area contributed by atoms with Crippen LogP contribution in [-0.2, 0) is 9.53 Å². The second-order valence-electron chi connectivity index (χ2n) is 5.60. The molecule has 0 saturated carbocycles. The molecule has 2 heterocycles. The minimum absolute atomic E-state index is 0.0309. The summed E-state index contributed by atoms with van der Waals surface area (Å²) in [4.78, 5) is 15.7. The van der Waals surface area contributed by atoms with Crippen molar-refractivity contribution < 1.29 is 9.53 Å². The van der Waals surface area contributed by atoms with Crippen molar-refractivity contribution in [2.75, 3.05) is 50.8 Å². The lowest BCUT2D eigenvalue weighted by atomic mass is 10.2. The van der Waals surface area contributed by atoms with Gasteiger partial charge in [0.25, 0.3) is 0 Å². The molecule has 1 aromatic carbocycles. The van der Waals surface area contributed by atoms with Crippen LogP contribution in [0.4, 0.5) is 5.69 Å². The third-order valence-electron chi connectivity index (χ3n) is 4.08. The Hall–Kier alpha value is -1.01. The van der Waals surface area contributed by atoms with Crippen LogP contribution in [0.25, 0.3) is 0 Å². The van der Waals surface area contributed by atoms with Crippen LogP contribution in [0, 0.1) is 0 Å². The molecule has 0 radical (unpaired) electrons. The van der Waals surface area contributed by atoms with E-state index in [1.807, 2.05) is 12.1 Å². The summed E-state index contributed by atoms with van der Waals surface area (Å²) in [5.41, 5.74) is 0.995. The highest BCUT2D eigenvalue weighted by atomic mass is 35.5. The molecule has 5 nitrogen and oxygen atoms in total. The minimum atomic E-state index is -0.0309. The van der Waals surface area contributed by atoms with Gasteiger partial charge in [0.05, 0.1) is 21.8 Å². The second kappa shape index (κ2) is 7.04. The molecule has 0 aromatic heterocycles. The Morgan fingerprint density at radius 2 is 2.00 bits per heavy atom. The Bertz CT molecular complexity index is 538. The average molecular weight is 344 g/mol. The summed E-state index contributed by atoms with van der Waals surface area (Å²) in [7, 11) is 0. The van der Waals surface area contributed by atoms with Gasteiger partial charge in [-0.3, -0.25) is 9.69 Å². The van der Waals surface area contributed by atoms with Crippen LogP contribution in [-0.4, -0.2) is 62.8 Å². The second-order valence-corrected chi connectivity index (χ2v) is 6.38. The topological polar surface area (TPSA) is 44.8 Å². The summed E-state index contributed by atoms with van der Waals surface area (Å²) in [6.07, 6.45) is 0.0824. The summed E-state index contributed by atoms with van der Waals surface area (Å²) in [6, 6.07) is 5.73. The average Bonchev–Trinajstić information content (AvgIpc) is 2.53. The van der Waals surface area contributed by atoms with E-state index in [1.165, 1.54) is 0 Å². The Balaban J connectivity index is 1.52. The quantitative estimate of drug-likeness (QED) is 0.905. The molecule has 2 fully saturated rings. The van der Waals surface area contributed by atoms with E-state index in [0.29, 0.717) is 16.6 Å². The SMILES string of the molecule is O=C1COC(CN2CCN(c3cccc(Cl)c3Cl)CC2)CN1. The molecule has 2 saturated heterocycles. The number of carbonyl (C=O) groups excluding carboxylic acids is 1. The molecular formula is C15H19Cl2N3O2. The summed E-state index contributed by atoms with van der Waals surface area (Å²) in [5.74, 6) is -0.0309. The molecule has 7 heteroatoms. The molecule has 1 atom stereocenters. The van der Waals surface area contributed by atoms with Gasteiger partial charge in [0.2, 0.25) is 5.91 Å². The van der Waals surface area contributed by atoms with Gasteiger partial charge in [-0.25, -0.2) is 0 Å². The maximum Gasteiger partial charge on any atom is 0.246 e. The van der Waals surface area contributed by atoms with Crippen LogP contribution in [0.1, 0.15) is 0 Å². The van der Waals surface area contributed by atoms with Crippen molar-refractivity contribution in [2.45, 2.75) is 6.10 Å². The number of hydrogen-bond acceptors (Lipinski definition) is 4. The number of piperazine rings is 1. The number of morpholine rings is 1. The van der Waals surface area contributed by atoms with Crippen LogP contribution in [0.3, 0.4) is 0 Å². The predicted molar refractivity (Wildman–Crippen MR) is 87.9 cm³/mol. The van der Waals surface area contributed by atoms with Crippen molar-refractivity contribution in [3.05, 3.63) is 28.2 Å². The van der Waals surface area contributed by atoms with Gasteiger partial charge in [-0.1, -0.05) is 29.3 Å². The lowest BCUT2D eigenvalue weighted by Gasteiger charge is -2.38. The van der Waals surface area contributed by atoms with Crippen molar-refractivity contribution in [3.63, 3.8) is 0 Å². The normalized spacial score (nSPS) is 23.5. The molecule has 2 aliphatic rings. The van der Waals surface area contributed by atoms with Gasteiger partial charge in [-0.15, -0.1) is 0 Å². The highest BCUT2D eigenvalue weighted by Crippen LogP contribution is 2.32. The zero-order valence-corrected chi connectivity index (χ0v) is 13.7. The fourth-order valence-corrected chi connectivity index (χ4v) is 3.26. The smallest absolute Gasteiger partial charge is 0.246 e. The number of nitrogens with zero attached hydrogens (tertiary/aromatic N) is 2. The Morgan fingerprint density at radius 1 is 1.23 bits per heavy atom. The third kappa shape index (κ3) is 3.66. The van der Waals surface area contributed by atoms with Crippen molar-refractivity contribution in [2.24, 2.45) is 0 Å². The number of anilines is 1. The molecule has 0 bridgehead atoms. The number of ether oxygens (including phenoxy) is 1. The summed E-state index contributed by atoms with van der Waals surface area (Å²) in [6.45, 7) is 5.30. The molecule has 0 aliphatic carbocycles. The number of carbonyl (C=O) groups is 1. The lowest BCUT2D eigenvalue weighted by molar-refractivity contribution is -0.133. The molecule has 0 spiro atoms. The van der Waals surface area contributed by atoms with E-state index < -0.39 is 0 Å². The number of rotatable bonds is 3. The molecule has 120 valence electrons.